The molecule has 0 saturated heterocycles. The first-order valence-electron chi connectivity index (χ1n) is 10.9. The number of carbonyl (C=O) groups is 1. The van der Waals surface area contributed by atoms with Crippen LogP contribution in [0.2, 0.25) is 0 Å². The molecule has 3 aromatic rings. The van der Waals surface area contributed by atoms with Crippen molar-refractivity contribution in [3.05, 3.63) is 77.6 Å². The van der Waals surface area contributed by atoms with Crippen LogP contribution in [-0.4, -0.2) is 27.0 Å². The van der Waals surface area contributed by atoms with Gasteiger partial charge in [0.25, 0.3) is 10.0 Å². The molecule has 0 fully saturated rings. The molecular weight excluding hydrogens is 459 g/mol. The fourth-order valence-electron chi connectivity index (χ4n) is 3.71. The largest absolute Gasteiger partial charge is 0.492 e. The van der Waals surface area contributed by atoms with Crippen molar-refractivity contribution in [3.8, 4) is 11.5 Å². The van der Waals surface area contributed by atoms with Crippen LogP contribution < -0.4 is 19.5 Å². The zero-order valence-corrected chi connectivity index (χ0v) is 19.6. The number of hydrogen-bond acceptors (Lipinski definition) is 5. The highest BCUT2D eigenvalue weighted by Gasteiger charge is 2.22. The fourth-order valence-corrected chi connectivity index (χ4v) is 4.77. The van der Waals surface area contributed by atoms with Crippen LogP contribution in [0.5, 0.6) is 11.5 Å². The van der Waals surface area contributed by atoms with E-state index < -0.39 is 15.8 Å². The van der Waals surface area contributed by atoms with E-state index in [4.69, 9.17) is 9.47 Å². The number of fused-ring (bicyclic) bond motifs is 1. The molecule has 7 nitrogen and oxygen atoms in total. The van der Waals surface area contributed by atoms with Crippen molar-refractivity contribution >= 4 is 27.3 Å². The van der Waals surface area contributed by atoms with Crippen LogP contribution in [0, 0.1) is 5.82 Å². The third-order valence-electron chi connectivity index (χ3n) is 5.27. The maximum absolute atomic E-state index is 13.1. The summed E-state index contributed by atoms with van der Waals surface area (Å²) >= 11 is 0. The molecule has 4 rings (SSSR count). The summed E-state index contributed by atoms with van der Waals surface area (Å²) in [5, 5.41) is 2.88. The predicted molar refractivity (Wildman–Crippen MR) is 127 cm³/mol. The Morgan fingerprint density at radius 1 is 1.12 bits per heavy atom. The number of benzene rings is 3. The number of halogens is 1. The van der Waals surface area contributed by atoms with Crippen LogP contribution in [-0.2, 0) is 27.7 Å². The van der Waals surface area contributed by atoms with E-state index in [2.05, 4.69) is 10.0 Å². The van der Waals surface area contributed by atoms with Crippen molar-refractivity contribution in [2.24, 2.45) is 0 Å². The Morgan fingerprint density at radius 3 is 2.50 bits per heavy atom. The number of rotatable bonds is 8. The van der Waals surface area contributed by atoms with Gasteiger partial charge in [0.05, 0.1) is 23.6 Å². The Kier molecular flexibility index (Phi) is 6.74. The molecule has 34 heavy (non-hydrogen) atoms. The van der Waals surface area contributed by atoms with Gasteiger partial charge in [-0.05, 0) is 61.9 Å². The van der Waals surface area contributed by atoms with Crippen LogP contribution in [0.4, 0.5) is 15.8 Å². The van der Waals surface area contributed by atoms with Gasteiger partial charge >= 0.3 is 0 Å². The highest BCUT2D eigenvalue weighted by Crippen LogP contribution is 2.38. The van der Waals surface area contributed by atoms with E-state index in [9.17, 15) is 17.6 Å². The highest BCUT2D eigenvalue weighted by atomic mass is 32.2. The predicted octanol–water partition coefficient (Wildman–Crippen LogP) is 4.53. The highest BCUT2D eigenvalue weighted by molar-refractivity contribution is 7.92. The Balaban J connectivity index is 1.41. The van der Waals surface area contributed by atoms with Gasteiger partial charge < -0.3 is 14.8 Å². The molecule has 3 aromatic carbocycles. The van der Waals surface area contributed by atoms with E-state index in [1.807, 2.05) is 19.9 Å². The number of hydrogen-bond donors (Lipinski definition) is 2. The molecule has 0 radical (unpaired) electrons. The Morgan fingerprint density at radius 2 is 1.82 bits per heavy atom. The lowest BCUT2D eigenvalue weighted by Gasteiger charge is -2.14. The smallest absolute Gasteiger partial charge is 0.261 e. The van der Waals surface area contributed by atoms with Gasteiger partial charge in [0, 0.05) is 23.7 Å². The molecule has 2 N–H and O–H groups in total. The lowest BCUT2D eigenvalue weighted by Crippen LogP contribution is -2.16. The molecule has 0 aromatic heterocycles. The molecule has 0 saturated carbocycles. The van der Waals surface area contributed by atoms with E-state index in [0.29, 0.717) is 29.3 Å². The van der Waals surface area contributed by atoms with Gasteiger partial charge in [0.15, 0.2) is 0 Å². The average Bonchev–Trinajstić information content (AvgIpc) is 3.14. The quantitative estimate of drug-likeness (QED) is 0.490. The van der Waals surface area contributed by atoms with Gasteiger partial charge in [-0.3, -0.25) is 9.52 Å². The van der Waals surface area contributed by atoms with E-state index >= 15 is 0 Å². The van der Waals surface area contributed by atoms with Gasteiger partial charge in [-0.25, -0.2) is 12.8 Å². The van der Waals surface area contributed by atoms with Crippen LogP contribution in [0.15, 0.2) is 65.6 Å². The summed E-state index contributed by atoms with van der Waals surface area (Å²) in [4.78, 5) is 12.6. The van der Waals surface area contributed by atoms with E-state index in [-0.39, 0.29) is 23.3 Å². The normalized spacial score (nSPS) is 14.7. The van der Waals surface area contributed by atoms with Crippen molar-refractivity contribution in [1.82, 2.24) is 0 Å². The number of sulfonamides is 1. The minimum atomic E-state index is -3.85. The zero-order valence-electron chi connectivity index (χ0n) is 18.8. The number of amides is 1. The third-order valence-corrected chi connectivity index (χ3v) is 6.66. The number of anilines is 2. The standard InChI is InChI=1S/C25H25FN2O5S/c1-3-32-24-14-18-12-16(2)33-23(18)15-22(24)27-25(29)13-17-4-8-20(9-5-17)28-34(30,31)21-10-6-19(26)7-11-21/h4-11,14-16,28H,3,12-13H2,1-2H3,(H,27,29)/t16-/m1/s1. The Labute approximate surface area is 198 Å². The third kappa shape index (κ3) is 5.48. The maximum Gasteiger partial charge on any atom is 0.261 e. The van der Waals surface area contributed by atoms with E-state index in [0.717, 1.165) is 29.9 Å². The van der Waals surface area contributed by atoms with Crippen LogP contribution >= 0.6 is 0 Å². The second-order valence-electron chi connectivity index (χ2n) is 8.00. The molecule has 1 aliphatic rings. The number of carbonyl (C=O) groups excluding carboxylic acids is 1. The molecule has 0 unspecified atom stereocenters. The van der Waals surface area contributed by atoms with Crippen LogP contribution in [0.25, 0.3) is 0 Å². The summed E-state index contributed by atoms with van der Waals surface area (Å²) in [6.07, 6.45) is 0.959. The molecule has 0 spiro atoms. The first-order valence-corrected chi connectivity index (χ1v) is 12.4. The molecular formula is C25H25FN2O5S. The summed E-state index contributed by atoms with van der Waals surface area (Å²) < 4.78 is 51.9. The molecule has 9 heteroatoms. The van der Waals surface area contributed by atoms with Crippen molar-refractivity contribution in [2.75, 3.05) is 16.6 Å². The van der Waals surface area contributed by atoms with Crippen molar-refractivity contribution < 1.29 is 27.1 Å². The molecule has 178 valence electrons. The lowest BCUT2D eigenvalue weighted by atomic mass is 10.1. The average molecular weight is 485 g/mol. The van der Waals surface area contributed by atoms with Crippen LogP contribution in [0.1, 0.15) is 25.0 Å². The molecule has 0 aliphatic carbocycles. The summed E-state index contributed by atoms with van der Waals surface area (Å²) in [6, 6.07) is 14.7. The van der Waals surface area contributed by atoms with Crippen molar-refractivity contribution in [2.45, 2.75) is 37.7 Å². The monoisotopic (exact) mass is 484 g/mol. The topological polar surface area (TPSA) is 93.7 Å². The SMILES string of the molecule is CCOc1cc2c(cc1NC(=O)Cc1ccc(NS(=O)(=O)c3ccc(F)cc3)cc1)O[C@H](C)C2. The minimum Gasteiger partial charge on any atom is -0.492 e. The lowest BCUT2D eigenvalue weighted by molar-refractivity contribution is -0.115. The molecule has 1 aliphatic heterocycles. The molecule has 1 heterocycles. The van der Waals surface area contributed by atoms with Gasteiger partial charge in [-0.1, -0.05) is 12.1 Å². The van der Waals surface area contributed by atoms with Gasteiger partial charge in [-0.2, -0.15) is 0 Å². The number of nitrogens with one attached hydrogen (secondary N) is 2. The molecule has 0 bridgehead atoms. The minimum absolute atomic E-state index is 0.0461. The first kappa shape index (κ1) is 23.6. The Hall–Kier alpha value is -3.59. The molecule has 1 amide bonds. The Bertz CT molecular complexity index is 1290. The summed E-state index contributed by atoms with van der Waals surface area (Å²) in [7, 11) is -3.85. The van der Waals surface area contributed by atoms with Crippen molar-refractivity contribution in [3.63, 3.8) is 0 Å². The summed E-state index contributed by atoms with van der Waals surface area (Å²) in [5.41, 5.74) is 2.62. The number of ether oxygens (including phenoxy) is 2. The van der Waals surface area contributed by atoms with Gasteiger partial charge in [0.2, 0.25) is 5.91 Å². The maximum atomic E-state index is 13.1. The van der Waals surface area contributed by atoms with E-state index in [1.54, 1.807) is 30.3 Å². The second kappa shape index (κ2) is 9.72. The second-order valence-corrected chi connectivity index (χ2v) is 9.69. The summed E-state index contributed by atoms with van der Waals surface area (Å²) in [6.45, 7) is 4.33. The fraction of sp³-hybridized carbons (Fsp3) is 0.240. The summed E-state index contributed by atoms with van der Waals surface area (Å²) in [5.74, 6) is 0.574. The van der Waals surface area contributed by atoms with E-state index in [1.165, 1.54) is 12.1 Å². The first-order chi connectivity index (χ1) is 16.2. The molecule has 1 atom stereocenters. The van der Waals surface area contributed by atoms with Crippen molar-refractivity contribution in [1.29, 1.82) is 0 Å². The zero-order chi connectivity index (χ0) is 24.3. The van der Waals surface area contributed by atoms with Gasteiger partial charge in [0.1, 0.15) is 23.4 Å². The van der Waals surface area contributed by atoms with Crippen LogP contribution in [0.3, 0.4) is 0 Å². The van der Waals surface area contributed by atoms with Gasteiger partial charge in [-0.15, -0.1) is 0 Å².